The maximum absolute atomic E-state index is 14.5. The molecule has 0 fully saturated rings. The van der Waals surface area contributed by atoms with Gasteiger partial charge in [-0.15, -0.1) is 0 Å². The van der Waals surface area contributed by atoms with Crippen molar-refractivity contribution in [2.45, 2.75) is 19.1 Å². The van der Waals surface area contributed by atoms with Gasteiger partial charge in [0.2, 0.25) is 0 Å². The maximum atomic E-state index is 14.5. The molecule has 0 aliphatic heterocycles. The van der Waals surface area contributed by atoms with Crippen LogP contribution in [0.1, 0.15) is 24.7 Å². The number of nitrogens with zero attached hydrogens (tertiary/aromatic N) is 1. The highest BCUT2D eigenvalue weighted by molar-refractivity contribution is 7.67. The highest BCUT2D eigenvalue weighted by Gasteiger charge is 2.37. The molecule has 0 heterocycles. The third-order valence-electron chi connectivity index (χ3n) is 4.82. The zero-order chi connectivity index (χ0) is 21.6. The Morgan fingerprint density at radius 1 is 0.967 bits per heavy atom. The monoisotopic (exact) mass is 442 g/mol. The number of hydrogen-bond acceptors (Lipinski definition) is 4. The van der Waals surface area contributed by atoms with Crippen molar-refractivity contribution in [1.29, 1.82) is 0 Å². The summed E-state index contributed by atoms with van der Waals surface area (Å²) in [6.07, 6.45) is 0.776. The third kappa shape index (κ3) is 5.26. The van der Waals surface area contributed by atoms with Crippen LogP contribution in [0.15, 0.2) is 78.9 Å². The van der Waals surface area contributed by atoms with Crippen molar-refractivity contribution >= 4 is 35.6 Å². The molecule has 0 aromatic heterocycles. The van der Waals surface area contributed by atoms with Crippen molar-refractivity contribution in [3.05, 3.63) is 89.4 Å². The SMILES string of the molecule is CCCOP(=O)(c1ccc(N(C)C)cc1)C(Nc1ccccc1)c1ccc(Cl)cc1. The van der Waals surface area contributed by atoms with E-state index < -0.39 is 13.2 Å². The van der Waals surface area contributed by atoms with Crippen LogP contribution in [0, 0.1) is 0 Å². The van der Waals surface area contributed by atoms with Crippen LogP contribution in [0.3, 0.4) is 0 Å². The molecule has 0 bridgehead atoms. The van der Waals surface area contributed by atoms with Gasteiger partial charge >= 0.3 is 0 Å². The van der Waals surface area contributed by atoms with Crippen LogP contribution in [0.5, 0.6) is 0 Å². The predicted octanol–water partition coefficient (Wildman–Crippen LogP) is 6.55. The highest BCUT2D eigenvalue weighted by atomic mass is 35.5. The van der Waals surface area contributed by atoms with Crippen molar-refractivity contribution in [3.63, 3.8) is 0 Å². The van der Waals surface area contributed by atoms with Gasteiger partial charge in [-0.05, 0) is 60.5 Å². The number of benzene rings is 3. The molecule has 0 aliphatic carbocycles. The first-order valence-electron chi connectivity index (χ1n) is 10.0. The van der Waals surface area contributed by atoms with Crippen LogP contribution in [0.25, 0.3) is 0 Å². The van der Waals surface area contributed by atoms with Crippen LogP contribution in [0.4, 0.5) is 11.4 Å². The Hall–Kier alpha value is -2.26. The highest BCUT2D eigenvalue weighted by Crippen LogP contribution is 2.59. The van der Waals surface area contributed by atoms with E-state index in [1.807, 2.05) is 105 Å². The first-order chi connectivity index (χ1) is 14.4. The van der Waals surface area contributed by atoms with E-state index in [4.69, 9.17) is 16.1 Å². The average molecular weight is 443 g/mol. The quantitative estimate of drug-likeness (QED) is 0.382. The van der Waals surface area contributed by atoms with Gasteiger partial charge in [0.15, 0.2) is 0 Å². The molecule has 0 saturated heterocycles. The lowest BCUT2D eigenvalue weighted by Crippen LogP contribution is -2.21. The lowest BCUT2D eigenvalue weighted by molar-refractivity contribution is 0.315. The second kappa shape index (κ2) is 10.2. The standard InChI is InChI=1S/C24H28ClN2O2P/c1-4-18-29-30(28,23-16-14-22(15-17-23)27(2)3)24(19-10-12-20(25)13-11-19)26-21-8-6-5-7-9-21/h5-17,24,26H,4,18H2,1-3H3. The minimum atomic E-state index is -3.32. The lowest BCUT2D eigenvalue weighted by Gasteiger charge is -2.30. The molecule has 1 N–H and O–H groups in total. The van der Waals surface area contributed by atoms with Gasteiger partial charge < -0.3 is 14.7 Å². The summed E-state index contributed by atoms with van der Waals surface area (Å²) in [6, 6.07) is 25.0. The zero-order valence-corrected chi connectivity index (χ0v) is 19.2. The number of hydrogen-bond donors (Lipinski definition) is 1. The van der Waals surface area contributed by atoms with Crippen molar-refractivity contribution in [2.75, 3.05) is 30.9 Å². The molecule has 158 valence electrons. The van der Waals surface area contributed by atoms with Gasteiger partial charge in [0, 0.05) is 35.8 Å². The number of para-hydroxylation sites is 1. The van der Waals surface area contributed by atoms with E-state index in [1.54, 1.807) is 0 Å². The molecular formula is C24H28ClN2O2P. The summed E-state index contributed by atoms with van der Waals surface area (Å²) in [7, 11) is 0.640. The van der Waals surface area contributed by atoms with E-state index in [2.05, 4.69) is 5.32 Å². The summed E-state index contributed by atoms with van der Waals surface area (Å²) in [5.41, 5.74) is 2.78. The molecule has 2 atom stereocenters. The summed E-state index contributed by atoms with van der Waals surface area (Å²) >= 11 is 6.11. The summed E-state index contributed by atoms with van der Waals surface area (Å²) in [5, 5.41) is 4.78. The predicted molar refractivity (Wildman–Crippen MR) is 129 cm³/mol. The fraction of sp³-hybridized carbons (Fsp3) is 0.250. The van der Waals surface area contributed by atoms with Crippen LogP contribution >= 0.6 is 19.0 Å². The largest absolute Gasteiger partial charge is 0.378 e. The van der Waals surface area contributed by atoms with E-state index in [-0.39, 0.29) is 0 Å². The second-order valence-electron chi connectivity index (χ2n) is 7.31. The van der Waals surface area contributed by atoms with Gasteiger partial charge in [0.05, 0.1) is 6.61 Å². The van der Waals surface area contributed by atoms with E-state index in [0.29, 0.717) is 16.9 Å². The van der Waals surface area contributed by atoms with Crippen LogP contribution < -0.4 is 15.5 Å². The van der Waals surface area contributed by atoms with E-state index in [0.717, 1.165) is 23.4 Å². The molecule has 2 unspecified atom stereocenters. The van der Waals surface area contributed by atoms with E-state index in [1.165, 1.54) is 0 Å². The Morgan fingerprint density at radius 2 is 1.60 bits per heavy atom. The molecule has 0 aliphatic rings. The van der Waals surface area contributed by atoms with E-state index in [9.17, 15) is 4.57 Å². The molecule has 0 spiro atoms. The fourth-order valence-electron chi connectivity index (χ4n) is 3.19. The Bertz CT molecular complexity index is 976. The van der Waals surface area contributed by atoms with Gasteiger partial charge in [-0.1, -0.05) is 48.9 Å². The fourth-order valence-corrected chi connectivity index (χ4v) is 5.81. The van der Waals surface area contributed by atoms with Crippen molar-refractivity contribution in [3.8, 4) is 0 Å². The molecule has 30 heavy (non-hydrogen) atoms. The first-order valence-corrected chi connectivity index (χ1v) is 12.1. The Balaban J connectivity index is 2.10. The van der Waals surface area contributed by atoms with Gasteiger partial charge in [0.25, 0.3) is 7.37 Å². The minimum Gasteiger partial charge on any atom is -0.378 e. The molecule has 3 aromatic carbocycles. The normalized spacial score (nSPS) is 14.0. The van der Waals surface area contributed by atoms with Gasteiger partial charge in [0.1, 0.15) is 5.78 Å². The lowest BCUT2D eigenvalue weighted by atomic mass is 10.2. The number of rotatable bonds is 9. The molecule has 0 radical (unpaired) electrons. The molecule has 3 rings (SSSR count). The van der Waals surface area contributed by atoms with Crippen molar-refractivity contribution in [1.82, 2.24) is 0 Å². The molecule has 3 aromatic rings. The number of anilines is 2. The van der Waals surface area contributed by atoms with Crippen LogP contribution in [-0.4, -0.2) is 20.7 Å². The third-order valence-corrected chi connectivity index (χ3v) is 7.76. The Morgan fingerprint density at radius 3 is 2.17 bits per heavy atom. The summed E-state index contributed by atoms with van der Waals surface area (Å²) in [4.78, 5) is 2.01. The maximum Gasteiger partial charge on any atom is 0.258 e. The summed E-state index contributed by atoms with van der Waals surface area (Å²) in [6.45, 7) is 2.43. The number of nitrogens with one attached hydrogen (secondary N) is 1. The first kappa shape index (κ1) is 22.4. The smallest absolute Gasteiger partial charge is 0.258 e. The Labute approximate surface area is 184 Å². The molecule has 6 heteroatoms. The van der Waals surface area contributed by atoms with Gasteiger partial charge in [-0.25, -0.2) is 0 Å². The number of halogens is 1. The van der Waals surface area contributed by atoms with Gasteiger partial charge in [-0.2, -0.15) is 0 Å². The molecular weight excluding hydrogens is 415 g/mol. The summed E-state index contributed by atoms with van der Waals surface area (Å²) < 4.78 is 20.6. The second-order valence-corrected chi connectivity index (χ2v) is 10.2. The van der Waals surface area contributed by atoms with Crippen LogP contribution in [-0.2, 0) is 9.09 Å². The van der Waals surface area contributed by atoms with Crippen molar-refractivity contribution in [2.24, 2.45) is 0 Å². The molecule has 0 saturated carbocycles. The molecule has 0 amide bonds. The topological polar surface area (TPSA) is 41.6 Å². The van der Waals surface area contributed by atoms with Gasteiger partial charge in [-0.3, -0.25) is 4.57 Å². The summed E-state index contributed by atoms with van der Waals surface area (Å²) in [5.74, 6) is -0.547. The van der Waals surface area contributed by atoms with Crippen LogP contribution in [0.2, 0.25) is 5.02 Å². The zero-order valence-electron chi connectivity index (χ0n) is 17.6. The van der Waals surface area contributed by atoms with Crippen molar-refractivity contribution < 1.29 is 9.09 Å². The van der Waals surface area contributed by atoms with E-state index >= 15 is 0 Å². The Kier molecular flexibility index (Phi) is 7.60. The average Bonchev–Trinajstić information content (AvgIpc) is 2.77. The minimum absolute atomic E-state index is 0.410. The molecule has 4 nitrogen and oxygen atoms in total.